The molecule has 1 aromatic rings. The zero-order valence-corrected chi connectivity index (χ0v) is 11.3. The summed E-state index contributed by atoms with van der Waals surface area (Å²) in [6.07, 6.45) is 0.0888. The van der Waals surface area contributed by atoms with Crippen LogP contribution in [0.1, 0.15) is 23.4 Å². The highest BCUT2D eigenvalue weighted by atomic mass is 32.1. The predicted molar refractivity (Wildman–Crippen MR) is 67.3 cm³/mol. The van der Waals surface area contributed by atoms with Gasteiger partial charge in [0.15, 0.2) is 0 Å². The molecule has 0 bridgehead atoms. The van der Waals surface area contributed by atoms with Crippen LogP contribution in [0.2, 0.25) is 0 Å². The smallest absolute Gasteiger partial charge is 0.261 e. The van der Waals surface area contributed by atoms with Crippen molar-refractivity contribution in [2.24, 2.45) is 0 Å². The number of aryl methyl sites for hydroxylation is 1. The second-order valence-electron chi connectivity index (χ2n) is 3.76. The molecule has 0 saturated carbocycles. The van der Waals surface area contributed by atoms with E-state index in [1.54, 1.807) is 0 Å². The largest absolute Gasteiger partial charge is 0.375 e. The van der Waals surface area contributed by atoms with Gasteiger partial charge in [-0.25, -0.2) is 8.78 Å². The number of aromatic nitrogens is 2. The van der Waals surface area contributed by atoms with Gasteiger partial charge in [0.25, 0.3) is 6.43 Å². The maximum absolute atomic E-state index is 11.8. The Morgan fingerprint density at radius 3 is 2.67 bits per heavy atom. The van der Waals surface area contributed by atoms with Gasteiger partial charge in [0.05, 0.1) is 6.61 Å². The molecule has 104 valence electrons. The van der Waals surface area contributed by atoms with Crippen molar-refractivity contribution in [3.8, 4) is 0 Å². The molecule has 0 radical (unpaired) electrons. The van der Waals surface area contributed by atoms with E-state index < -0.39 is 13.0 Å². The summed E-state index contributed by atoms with van der Waals surface area (Å²) in [5, 5.41) is 13.2. The van der Waals surface area contributed by atoms with Crippen molar-refractivity contribution in [3.63, 3.8) is 0 Å². The standard InChI is InChI=1S/C11H19F2N3OS/c1-2-14-6-3-4-10-15-16-11(18-10)5-7-17-8-9(12)13/h9,14H,2-8H2,1H3. The van der Waals surface area contributed by atoms with Crippen molar-refractivity contribution in [2.75, 3.05) is 26.3 Å². The molecule has 0 aliphatic rings. The highest BCUT2D eigenvalue weighted by Gasteiger charge is 2.05. The van der Waals surface area contributed by atoms with Gasteiger partial charge in [-0.15, -0.1) is 21.5 Å². The summed E-state index contributed by atoms with van der Waals surface area (Å²) in [6.45, 7) is 3.79. The monoisotopic (exact) mass is 279 g/mol. The lowest BCUT2D eigenvalue weighted by molar-refractivity contribution is 0.0186. The first kappa shape index (κ1) is 15.4. The molecule has 1 aromatic heterocycles. The molecule has 1 N–H and O–H groups in total. The summed E-state index contributed by atoms with van der Waals surface area (Å²) in [7, 11) is 0. The van der Waals surface area contributed by atoms with Crippen molar-refractivity contribution >= 4 is 11.3 Å². The fourth-order valence-electron chi connectivity index (χ4n) is 1.36. The second-order valence-corrected chi connectivity index (χ2v) is 4.91. The van der Waals surface area contributed by atoms with Crippen LogP contribution in [0, 0.1) is 0 Å². The van der Waals surface area contributed by atoms with Crippen molar-refractivity contribution < 1.29 is 13.5 Å². The van der Waals surface area contributed by atoms with Crippen LogP contribution in [0.25, 0.3) is 0 Å². The Balaban J connectivity index is 2.13. The summed E-state index contributed by atoms with van der Waals surface area (Å²) in [5.74, 6) is 0. The number of hydrogen-bond acceptors (Lipinski definition) is 5. The lowest BCUT2D eigenvalue weighted by Gasteiger charge is -2.00. The number of nitrogens with one attached hydrogen (secondary N) is 1. The third-order valence-electron chi connectivity index (χ3n) is 2.21. The van der Waals surface area contributed by atoms with Crippen molar-refractivity contribution in [1.29, 1.82) is 0 Å². The molecule has 0 aliphatic heterocycles. The van der Waals surface area contributed by atoms with E-state index in [2.05, 4.69) is 22.4 Å². The number of rotatable bonds is 10. The number of ether oxygens (including phenoxy) is 1. The average molecular weight is 279 g/mol. The van der Waals surface area contributed by atoms with Gasteiger partial charge in [0, 0.05) is 12.8 Å². The van der Waals surface area contributed by atoms with E-state index in [0.29, 0.717) is 6.42 Å². The normalized spacial score (nSPS) is 11.3. The molecule has 4 nitrogen and oxygen atoms in total. The molecule has 0 aromatic carbocycles. The Morgan fingerprint density at radius 1 is 1.28 bits per heavy atom. The van der Waals surface area contributed by atoms with E-state index in [-0.39, 0.29) is 6.61 Å². The Morgan fingerprint density at radius 2 is 2.00 bits per heavy atom. The number of halogens is 2. The topological polar surface area (TPSA) is 47.0 Å². The first-order valence-corrected chi connectivity index (χ1v) is 6.92. The van der Waals surface area contributed by atoms with Crippen LogP contribution in [0.5, 0.6) is 0 Å². The minimum atomic E-state index is -2.40. The van der Waals surface area contributed by atoms with Crippen LogP contribution >= 0.6 is 11.3 Å². The van der Waals surface area contributed by atoms with Gasteiger partial charge in [0.2, 0.25) is 0 Å². The summed E-state index contributed by atoms with van der Waals surface area (Å²) in [4.78, 5) is 0. The van der Waals surface area contributed by atoms with E-state index >= 15 is 0 Å². The molecule has 7 heteroatoms. The number of alkyl halides is 2. The van der Waals surface area contributed by atoms with Gasteiger partial charge >= 0.3 is 0 Å². The SMILES string of the molecule is CCNCCCc1nnc(CCOCC(F)F)s1. The maximum Gasteiger partial charge on any atom is 0.261 e. The molecule has 1 rings (SSSR count). The molecule has 0 spiro atoms. The van der Waals surface area contributed by atoms with E-state index in [9.17, 15) is 8.78 Å². The predicted octanol–water partition coefficient (Wildman–Crippen LogP) is 1.90. The van der Waals surface area contributed by atoms with Crippen LogP contribution < -0.4 is 5.32 Å². The van der Waals surface area contributed by atoms with E-state index in [1.807, 2.05) is 0 Å². The molecule has 0 fully saturated rings. The molecule has 0 amide bonds. The minimum absolute atomic E-state index is 0.274. The summed E-state index contributed by atoms with van der Waals surface area (Å²) >= 11 is 1.53. The van der Waals surface area contributed by atoms with Crippen LogP contribution in [0.15, 0.2) is 0 Å². The summed E-state index contributed by atoms with van der Waals surface area (Å²) in [5.41, 5.74) is 0. The molecular weight excluding hydrogens is 260 g/mol. The maximum atomic E-state index is 11.8. The number of nitrogens with zero attached hydrogens (tertiary/aromatic N) is 2. The lowest BCUT2D eigenvalue weighted by atomic mass is 10.3. The van der Waals surface area contributed by atoms with Crippen molar-refractivity contribution in [1.82, 2.24) is 15.5 Å². The third kappa shape index (κ3) is 6.93. The Hall–Kier alpha value is -0.660. The average Bonchev–Trinajstić information content (AvgIpc) is 2.78. The lowest BCUT2D eigenvalue weighted by Crippen LogP contribution is -2.14. The van der Waals surface area contributed by atoms with Crippen LogP contribution in [-0.4, -0.2) is 42.9 Å². The molecule has 18 heavy (non-hydrogen) atoms. The zero-order chi connectivity index (χ0) is 13.2. The first-order valence-electron chi connectivity index (χ1n) is 6.10. The number of hydrogen-bond donors (Lipinski definition) is 1. The highest BCUT2D eigenvalue weighted by molar-refractivity contribution is 7.11. The van der Waals surface area contributed by atoms with Gasteiger partial charge in [-0.05, 0) is 19.5 Å². The second kappa shape index (κ2) is 9.29. The summed E-state index contributed by atoms with van der Waals surface area (Å²) in [6, 6.07) is 0. The molecular formula is C11H19F2N3OS. The fourth-order valence-corrected chi connectivity index (χ4v) is 2.23. The van der Waals surface area contributed by atoms with Gasteiger partial charge in [0.1, 0.15) is 16.6 Å². The Kier molecular flexibility index (Phi) is 7.95. The van der Waals surface area contributed by atoms with E-state index in [4.69, 9.17) is 4.74 Å². The molecule has 0 saturated heterocycles. The molecule has 1 heterocycles. The molecule has 0 aliphatic carbocycles. The van der Waals surface area contributed by atoms with Gasteiger partial charge in [-0.3, -0.25) is 0 Å². The van der Waals surface area contributed by atoms with E-state index in [0.717, 1.165) is 35.9 Å². The van der Waals surface area contributed by atoms with E-state index in [1.165, 1.54) is 11.3 Å². The quantitative estimate of drug-likeness (QED) is 0.665. The Labute approximate surface area is 110 Å². The van der Waals surface area contributed by atoms with Gasteiger partial charge in [-0.1, -0.05) is 6.92 Å². The van der Waals surface area contributed by atoms with Gasteiger partial charge < -0.3 is 10.1 Å². The van der Waals surface area contributed by atoms with Crippen LogP contribution in [0.3, 0.4) is 0 Å². The van der Waals surface area contributed by atoms with Crippen molar-refractivity contribution in [2.45, 2.75) is 32.6 Å². The minimum Gasteiger partial charge on any atom is -0.375 e. The fraction of sp³-hybridized carbons (Fsp3) is 0.818. The first-order chi connectivity index (χ1) is 8.72. The van der Waals surface area contributed by atoms with Crippen LogP contribution in [0.4, 0.5) is 8.78 Å². The molecule has 0 atom stereocenters. The zero-order valence-electron chi connectivity index (χ0n) is 10.5. The highest BCUT2D eigenvalue weighted by Crippen LogP contribution is 2.12. The summed E-state index contributed by atoms with van der Waals surface area (Å²) < 4.78 is 28.4. The Bertz CT molecular complexity index is 323. The van der Waals surface area contributed by atoms with Gasteiger partial charge in [-0.2, -0.15) is 0 Å². The third-order valence-corrected chi connectivity index (χ3v) is 3.25. The van der Waals surface area contributed by atoms with Crippen LogP contribution in [-0.2, 0) is 17.6 Å². The molecule has 0 unspecified atom stereocenters. The van der Waals surface area contributed by atoms with Crippen molar-refractivity contribution in [3.05, 3.63) is 10.0 Å².